The van der Waals surface area contributed by atoms with E-state index in [2.05, 4.69) is 15.4 Å². The van der Waals surface area contributed by atoms with Gasteiger partial charge in [0, 0.05) is 11.4 Å². The Bertz CT molecular complexity index is 808. The average molecular weight is 354 g/mol. The van der Waals surface area contributed by atoms with E-state index in [0.29, 0.717) is 11.4 Å². The molecule has 0 spiro atoms. The molecule has 0 aliphatic rings. The Morgan fingerprint density at radius 1 is 0.885 bits per heavy atom. The van der Waals surface area contributed by atoms with Gasteiger partial charge in [-0.25, -0.2) is 4.79 Å². The van der Waals surface area contributed by atoms with Crippen molar-refractivity contribution in [2.24, 2.45) is 0 Å². The molecular formula is C20H22N2O4. The lowest BCUT2D eigenvalue weighted by Crippen LogP contribution is -2.30. The fraction of sp³-hybridized carbons (Fsp3) is 0.250. The minimum absolute atomic E-state index is 0.287. The molecule has 136 valence electrons. The smallest absolute Gasteiger partial charge is 0.337 e. The van der Waals surface area contributed by atoms with Crippen LogP contribution in [0.15, 0.2) is 42.5 Å². The van der Waals surface area contributed by atoms with E-state index in [-0.39, 0.29) is 5.56 Å². The first kappa shape index (κ1) is 19.2. The predicted octanol–water partition coefficient (Wildman–Crippen LogP) is 3.18. The van der Waals surface area contributed by atoms with E-state index in [0.717, 1.165) is 24.0 Å². The molecule has 0 saturated carbocycles. The molecule has 0 unspecified atom stereocenters. The third kappa shape index (κ3) is 4.47. The van der Waals surface area contributed by atoms with Gasteiger partial charge in [0.15, 0.2) is 0 Å². The zero-order chi connectivity index (χ0) is 19.1. The summed E-state index contributed by atoms with van der Waals surface area (Å²) in [5, 5.41) is 5.20. The van der Waals surface area contributed by atoms with Crippen molar-refractivity contribution in [3.8, 4) is 0 Å². The van der Waals surface area contributed by atoms with E-state index >= 15 is 0 Å². The zero-order valence-electron chi connectivity index (χ0n) is 15.1. The molecule has 0 bridgehead atoms. The number of benzene rings is 2. The highest BCUT2D eigenvalue weighted by Crippen LogP contribution is 2.22. The molecule has 0 fully saturated rings. The molecule has 2 rings (SSSR count). The van der Waals surface area contributed by atoms with Gasteiger partial charge in [-0.2, -0.15) is 0 Å². The van der Waals surface area contributed by atoms with Crippen molar-refractivity contribution in [3.05, 3.63) is 59.2 Å². The molecule has 2 N–H and O–H groups in total. The fourth-order valence-electron chi connectivity index (χ4n) is 2.60. The minimum atomic E-state index is -0.806. The lowest BCUT2D eigenvalue weighted by atomic mass is 10.0. The number of amides is 2. The highest BCUT2D eigenvalue weighted by molar-refractivity contribution is 6.43. The van der Waals surface area contributed by atoms with Crippen LogP contribution in [-0.2, 0) is 27.2 Å². The third-order valence-corrected chi connectivity index (χ3v) is 3.99. The summed E-state index contributed by atoms with van der Waals surface area (Å²) in [6, 6.07) is 12.0. The summed E-state index contributed by atoms with van der Waals surface area (Å²) < 4.78 is 4.64. The van der Waals surface area contributed by atoms with Crippen molar-refractivity contribution in [2.75, 3.05) is 17.7 Å². The van der Waals surface area contributed by atoms with Crippen LogP contribution in [0.1, 0.15) is 35.3 Å². The number of carbonyl (C=O) groups is 3. The molecule has 6 heteroatoms. The van der Waals surface area contributed by atoms with Gasteiger partial charge in [0.05, 0.1) is 12.7 Å². The van der Waals surface area contributed by atoms with Crippen molar-refractivity contribution in [1.29, 1.82) is 0 Å². The molecule has 0 radical (unpaired) electrons. The average Bonchev–Trinajstić information content (AvgIpc) is 2.67. The van der Waals surface area contributed by atoms with Crippen LogP contribution in [0.25, 0.3) is 0 Å². The molecule has 0 atom stereocenters. The van der Waals surface area contributed by atoms with Gasteiger partial charge in [0.2, 0.25) is 0 Å². The number of aryl methyl sites for hydroxylation is 2. The van der Waals surface area contributed by atoms with Crippen molar-refractivity contribution >= 4 is 29.2 Å². The molecule has 0 aliphatic heterocycles. The summed E-state index contributed by atoms with van der Waals surface area (Å²) >= 11 is 0. The van der Waals surface area contributed by atoms with Crippen LogP contribution in [0.4, 0.5) is 11.4 Å². The summed E-state index contributed by atoms with van der Waals surface area (Å²) in [6.45, 7) is 3.98. The molecule has 26 heavy (non-hydrogen) atoms. The maximum Gasteiger partial charge on any atom is 0.337 e. The summed E-state index contributed by atoms with van der Waals surface area (Å²) in [5.41, 5.74) is 3.25. The lowest BCUT2D eigenvalue weighted by Gasteiger charge is -2.14. The maximum absolute atomic E-state index is 12.3. The Balaban J connectivity index is 2.14. The van der Waals surface area contributed by atoms with Crippen LogP contribution in [-0.4, -0.2) is 24.9 Å². The van der Waals surface area contributed by atoms with Crippen molar-refractivity contribution < 1.29 is 19.1 Å². The number of nitrogens with one attached hydrogen (secondary N) is 2. The van der Waals surface area contributed by atoms with Gasteiger partial charge in [-0.15, -0.1) is 0 Å². The zero-order valence-corrected chi connectivity index (χ0v) is 15.1. The van der Waals surface area contributed by atoms with Crippen LogP contribution in [0.5, 0.6) is 0 Å². The molecule has 2 amide bonds. The summed E-state index contributed by atoms with van der Waals surface area (Å²) in [4.78, 5) is 36.1. The van der Waals surface area contributed by atoms with E-state index in [1.165, 1.54) is 13.2 Å². The maximum atomic E-state index is 12.3. The van der Waals surface area contributed by atoms with Gasteiger partial charge in [0.1, 0.15) is 0 Å². The van der Waals surface area contributed by atoms with E-state index in [9.17, 15) is 14.4 Å². The molecule has 0 saturated heterocycles. The number of anilines is 2. The minimum Gasteiger partial charge on any atom is -0.465 e. The van der Waals surface area contributed by atoms with E-state index in [1.54, 1.807) is 18.2 Å². The number of carbonyl (C=O) groups excluding carboxylic acids is 3. The molecule has 2 aromatic carbocycles. The number of esters is 1. The Kier molecular flexibility index (Phi) is 6.49. The number of ether oxygens (including phenoxy) is 1. The van der Waals surface area contributed by atoms with Gasteiger partial charge in [-0.3, -0.25) is 9.59 Å². The first-order valence-corrected chi connectivity index (χ1v) is 8.41. The lowest BCUT2D eigenvalue weighted by molar-refractivity contribution is -0.133. The van der Waals surface area contributed by atoms with Gasteiger partial charge in [0.25, 0.3) is 0 Å². The number of hydrogen-bond acceptors (Lipinski definition) is 4. The van der Waals surface area contributed by atoms with E-state index in [4.69, 9.17) is 0 Å². The highest BCUT2D eigenvalue weighted by Gasteiger charge is 2.17. The van der Waals surface area contributed by atoms with Crippen LogP contribution >= 0.6 is 0 Å². The third-order valence-electron chi connectivity index (χ3n) is 3.99. The Hall–Kier alpha value is -3.15. The molecule has 2 aromatic rings. The fourth-order valence-corrected chi connectivity index (χ4v) is 2.60. The van der Waals surface area contributed by atoms with Crippen molar-refractivity contribution in [2.45, 2.75) is 26.7 Å². The van der Waals surface area contributed by atoms with Gasteiger partial charge < -0.3 is 15.4 Å². The molecule has 0 aliphatic carbocycles. The summed E-state index contributed by atoms with van der Waals surface area (Å²) in [6.07, 6.45) is 1.48. The SMILES string of the molecule is CCc1cccc(CC)c1NC(=O)C(=O)Nc1cccc(C(=O)OC)c1. The summed E-state index contributed by atoms with van der Waals surface area (Å²) in [7, 11) is 1.28. The Morgan fingerprint density at radius 3 is 2.04 bits per heavy atom. The topological polar surface area (TPSA) is 84.5 Å². The second-order valence-electron chi connectivity index (χ2n) is 5.64. The van der Waals surface area contributed by atoms with E-state index in [1.807, 2.05) is 32.0 Å². The first-order valence-electron chi connectivity index (χ1n) is 8.41. The van der Waals surface area contributed by atoms with Gasteiger partial charge in [-0.1, -0.05) is 38.1 Å². The van der Waals surface area contributed by atoms with Crippen LogP contribution in [0, 0.1) is 0 Å². The molecule has 6 nitrogen and oxygen atoms in total. The first-order chi connectivity index (χ1) is 12.5. The van der Waals surface area contributed by atoms with Crippen LogP contribution < -0.4 is 10.6 Å². The number of hydrogen-bond donors (Lipinski definition) is 2. The van der Waals surface area contributed by atoms with Gasteiger partial charge >= 0.3 is 17.8 Å². The highest BCUT2D eigenvalue weighted by atomic mass is 16.5. The largest absolute Gasteiger partial charge is 0.465 e. The van der Waals surface area contributed by atoms with Crippen molar-refractivity contribution in [3.63, 3.8) is 0 Å². The quantitative estimate of drug-likeness (QED) is 0.638. The monoisotopic (exact) mass is 354 g/mol. The standard InChI is InChI=1S/C20H22N2O4/c1-4-13-8-6-9-14(5-2)17(13)22-19(24)18(23)21-16-11-7-10-15(12-16)20(25)26-3/h6-12H,4-5H2,1-3H3,(H,21,23)(H,22,24). The van der Waals surface area contributed by atoms with Crippen LogP contribution in [0.2, 0.25) is 0 Å². The number of para-hydroxylation sites is 1. The Morgan fingerprint density at radius 2 is 1.46 bits per heavy atom. The van der Waals surface area contributed by atoms with Crippen LogP contribution in [0.3, 0.4) is 0 Å². The van der Waals surface area contributed by atoms with E-state index < -0.39 is 17.8 Å². The second kappa shape index (κ2) is 8.80. The predicted molar refractivity (Wildman–Crippen MR) is 100 cm³/mol. The molecule has 0 heterocycles. The number of rotatable bonds is 5. The number of methoxy groups -OCH3 is 1. The van der Waals surface area contributed by atoms with Crippen molar-refractivity contribution in [1.82, 2.24) is 0 Å². The normalized spacial score (nSPS) is 10.1. The Labute approximate surface area is 152 Å². The summed E-state index contributed by atoms with van der Waals surface area (Å²) in [5.74, 6) is -2.08. The molecular weight excluding hydrogens is 332 g/mol. The second-order valence-corrected chi connectivity index (χ2v) is 5.64. The van der Waals surface area contributed by atoms with Gasteiger partial charge in [-0.05, 0) is 42.2 Å². The molecule has 0 aromatic heterocycles.